The van der Waals surface area contributed by atoms with Crippen LogP contribution in [0.5, 0.6) is 5.75 Å². The van der Waals surface area contributed by atoms with E-state index in [4.69, 9.17) is 4.74 Å². The number of hydrogen-bond donors (Lipinski definition) is 2. The van der Waals surface area contributed by atoms with Gasteiger partial charge in [-0.2, -0.15) is 0 Å². The average Bonchev–Trinajstić information content (AvgIpc) is 2.38. The van der Waals surface area contributed by atoms with Crippen LogP contribution < -0.4 is 15.4 Å². The number of para-hydroxylation sites is 1. The van der Waals surface area contributed by atoms with E-state index in [1.807, 2.05) is 44.2 Å². The lowest BCUT2D eigenvalue weighted by atomic mass is 10.3. The second-order valence-electron chi connectivity index (χ2n) is 4.17. The molecule has 1 aromatic carbocycles. The van der Waals surface area contributed by atoms with Crippen molar-refractivity contribution in [2.24, 2.45) is 0 Å². The summed E-state index contributed by atoms with van der Waals surface area (Å²) in [6.45, 7) is 6.06. The van der Waals surface area contributed by atoms with Gasteiger partial charge in [-0.25, -0.2) is 0 Å². The van der Waals surface area contributed by atoms with Crippen molar-refractivity contribution in [1.29, 1.82) is 0 Å². The predicted molar refractivity (Wildman–Crippen MR) is 80.0 cm³/mol. The second-order valence-corrected chi connectivity index (χ2v) is 4.17. The molecule has 2 N–H and O–H groups in total. The van der Waals surface area contributed by atoms with Crippen LogP contribution in [0.4, 0.5) is 0 Å². The largest absolute Gasteiger partial charge is 0.493 e. The van der Waals surface area contributed by atoms with Crippen molar-refractivity contribution in [2.45, 2.75) is 26.3 Å². The molecule has 1 amide bonds. The minimum absolute atomic E-state index is 0. The summed E-state index contributed by atoms with van der Waals surface area (Å²) in [5, 5.41) is 6.11. The van der Waals surface area contributed by atoms with Gasteiger partial charge in [-0.05, 0) is 25.6 Å². The lowest BCUT2D eigenvalue weighted by molar-refractivity contribution is -0.121. The summed E-state index contributed by atoms with van der Waals surface area (Å²) in [5.41, 5.74) is 0. The maximum atomic E-state index is 11.5. The Balaban J connectivity index is 0.00000324. The van der Waals surface area contributed by atoms with Crippen LogP contribution in [-0.2, 0) is 4.79 Å². The Bertz CT molecular complexity index is 347. The molecule has 1 rings (SSSR count). The van der Waals surface area contributed by atoms with E-state index < -0.39 is 0 Å². The van der Waals surface area contributed by atoms with Crippen LogP contribution in [0.3, 0.4) is 0 Å². The molecule has 1 aromatic rings. The van der Waals surface area contributed by atoms with Crippen LogP contribution in [0.1, 0.15) is 20.3 Å². The van der Waals surface area contributed by atoms with Gasteiger partial charge in [-0.1, -0.05) is 25.1 Å². The third-order valence-corrected chi connectivity index (χ3v) is 2.50. The predicted octanol–water partition coefficient (Wildman–Crippen LogP) is 1.99. The maximum Gasteiger partial charge on any atom is 0.223 e. The molecule has 0 aliphatic rings. The molecule has 0 saturated heterocycles. The van der Waals surface area contributed by atoms with Crippen LogP contribution in [-0.4, -0.2) is 31.6 Å². The van der Waals surface area contributed by atoms with Gasteiger partial charge in [0.25, 0.3) is 0 Å². The number of carbonyl (C=O) groups excluding carboxylic acids is 1. The van der Waals surface area contributed by atoms with E-state index in [9.17, 15) is 4.79 Å². The second kappa shape index (κ2) is 10.6. The zero-order valence-electron chi connectivity index (χ0n) is 11.5. The highest BCUT2D eigenvalue weighted by Gasteiger charge is 2.04. The summed E-state index contributed by atoms with van der Waals surface area (Å²) >= 11 is 0. The van der Waals surface area contributed by atoms with Gasteiger partial charge in [0.1, 0.15) is 5.75 Å². The zero-order valence-corrected chi connectivity index (χ0v) is 12.3. The molecular weight excluding hydrogens is 264 g/mol. The summed E-state index contributed by atoms with van der Waals surface area (Å²) in [7, 11) is 0. The molecule has 0 aliphatic heterocycles. The monoisotopic (exact) mass is 286 g/mol. The lowest BCUT2D eigenvalue weighted by Gasteiger charge is -2.13. The molecule has 108 valence electrons. The summed E-state index contributed by atoms with van der Waals surface area (Å²) in [6, 6.07) is 9.81. The summed E-state index contributed by atoms with van der Waals surface area (Å²) < 4.78 is 5.45. The molecule has 0 fully saturated rings. The van der Waals surface area contributed by atoms with Crippen molar-refractivity contribution in [3.05, 3.63) is 30.3 Å². The fraction of sp³-hybridized carbons (Fsp3) is 0.500. The van der Waals surface area contributed by atoms with Gasteiger partial charge in [0.05, 0.1) is 13.0 Å². The summed E-state index contributed by atoms with van der Waals surface area (Å²) in [6.07, 6.45) is 0.383. The number of likely N-dealkylation sites (N-methyl/N-ethyl adjacent to an activating group) is 1. The first kappa shape index (κ1) is 17.7. The fourth-order valence-corrected chi connectivity index (χ4v) is 1.55. The number of hydrogen-bond acceptors (Lipinski definition) is 3. The zero-order chi connectivity index (χ0) is 13.2. The number of halogens is 1. The van der Waals surface area contributed by atoms with Crippen molar-refractivity contribution in [2.75, 3.05) is 19.7 Å². The number of nitrogens with one attached hydrogen (secondary N) is 2. The van der Waals surface area contributed by atoms with E-state index >= 15 is 0 Å². The molecule has 0 saturated carbocycles. The molecule has 0 radical (unpaired) electrons. The van der Waals surface area contributed by atoms with Gasteiger partial charge in [0.2, 0.25) is 5.91 Å². The Labute approximate surface area is 121 Å². The molecule has 1 atom stereocenters. The van der Waals surface area contributed by atoms with Gasteiger partial charge in [-0.3, -0.25) is 4.79 Å². The normalized spacial score (nSPS) is 11.3. The topological polar surface area (TPSA) is 50.4 Å². The maximum absolute atomic E-state index is 11.5. The Kier molecular flexibility index (Phi) is 9.94. The van der Waals surface area contributed by atoms with E-state index in [-0.39, 0.29) is 18.3 Å². The Morgan fingerprint density at radius 1 is 1.32 bits per heavy atom. The molecule has 0 unspecified atom stereocenters. The summed E-state index contributed by atoms with van der Waals surface area (Å²) in [4.78, 5) is 11.5. The minimum atomic E-state index is 0. The molecule has 0 aliphatic carbocycles. The Morgan fingerprint density at radius 3 is 2.63 bits per heavy atom. The number of ether oxygens (including phenoxy) is 1. The van der Waals surface area contributed by atoms with Gasteiger partial charge in [-0.15, -0.1) is 12.4 Å². The third kappa shape index (κ3) is 8.46. The highest BCUT2D eigenvalue weighted by molar-refractivity contribution is 5.85. The molecule has 19 heavy (non-hydrogen) atoms. The SMILES string of the molecule is CCN[C@H](C)CNC(=O)CCOc1ccccc1.Cl. The van der Waals surface area contributed by atoms with Crippen molar-refractivity contribution in [3.8, 4) is 5.75 Å². The smallest absolute Gasteiger partial charge is 0.223 e. The highest BCUT2D eigenvalue weighted by atomic mass is 35.5. The minimum Gasteiger partial charge on any atom is -0.493 e. The number of carbonyl (C=O) groups is 1. The van der Waals surface area contributed by atoms with E-state index in [0.717, 1.165) is 12.3 Å². The molecule has 0 bridgehead atoms. The van der Waals surface area contributed by atoms with E-state index in [0.29, 0.717) is 25.6 Å². The fourth-order valence-electron chi connectivity index (χ4n) is 1.55. The van der Waals surface area contributed by atoms with Gasteiger partial charge >= 0.3 is 0 Å². The standard InChI is InChI=1S/C14H22N2O2.ClH/c1-3-15-12(2)11-16-14(17)9-10-18-13-7-5-4-6-8-13;/h4-8,12,15H,3,9-11H2,1-2H3,(H,16,17);1H/t12-;/m1./s1. The molecule has 5 heteroatoms. The average molecular weight is 287 g/mol. The van der Waals surface area contributed by atoms with Crippen molar-refractivity contribution in [1.82, 2.24) is 10.6 Å². The Morgan fingerprint density at radius 2 is 2.00 bits per heavy atom. The molecule has 0 heterocycles. The Hall–Kier alpha value is -1.26. The molecule has 0 aromatic heterocycles. The number of rotatable bonds is 8. The van der Waals surface area contributed by atoms with Crippen LogP contribution in [0.25, 0.3) is 0 Å². The molecule has 4 nitrogen and oxygen atoms in total. The van der Waals surface area contributed by atoms with Crippen LogP contribution in [0, 0.1) is 0 Å². The van der Waals surface area contributed by atoms with E-state index in [2.05, 4.69) is 10.6 Å². The first-order chi connectivity index (χ1) is 8.72. The van der Waals surface area contributed by atoms with Crippen molar-refractivity contribution in [3.63, 3.8) is 0 Å². The van der Waals surface area contributed by atoms with Gasteiger partial charge in [0.15, 0.2) is 0 Å². The van der Waals surface area contributed by atoms with Crippen molar-refractivity contribution < 1.29 is 9.53 Å². The lowest BCUT2D eigenvalue weighted by Crippen LogP contribution is -2.39. The first-order valence-corrected chi connectivity index (χ1v) is 6.40. The van der Waals surface area contributed by atoms with Gasteiger partial charge < -0.3 is 15.4 Å². The van der Waals surface area contributed by atoms with Crippen LogP contribution in [0.2, 0.25) is 0 Å². The summed E-state index contributed by atoms with van der Waals surface area (Å²) in [5.74, 6) is 0.821. The van der Waals surface area contributed by atoms with Crippen LogP contribution in [0.15, 0.2) is 30.3 Å². The van der Waals surface area contributed by atoms with Crippen molar-refractivity contribution >= 4 is 18.3 Å². The van der Waals surface area contributed by atoms with E-state index in [1.54, 1.807) is 0 Å². The molecule has 0 spiro atoms. The van der Waals surface area contributed by atoms with Gasteiger partial charge in [0, 0.05) is 12.6 Å². The number of amides is 1. The van der Waals surface area contributed by atoms with Crippen LogP contribution >= 0.6 is 12.4 Å². The highest BCUT2D eigenvalue weighted by Crippen LogP contribution is 2.08. The number of benzene rings is 1. The third-order valence-electron chi connectivity index (χ3n) is 2.50. The molecular formula is C14H23ClN2O2. The van der Waals surface area contributed by atoms with E-state index in [1.165, 1.54) is 0 Å². The first-order valence-electron chi connectivity index (χ1n) is 6.40. The quantitative estimate of drug-likeness (QED) is 0.768.